The molecule has 2 heterocycles. The molecule has 0 spiro atoms. The number of para-hydroxylation sites is 1. The van der Waals surface area contributed by atoms with E-state index in [1.54, 1.807) is 0 Å². The van der Waals surface area contributed by atoms with Crippen LogP contribution in [-0.4, -0.2) is 17.6 Å². The van der Waals surface area contributed by atoms with Gasteiger partial charge in [0.1, 0.15) is 0 Å². The van der Waals surface area contributed by atoms with Gasteiger partial charge in [-0.2, -0.15) is 0 Å². The van der Waals surface area contributed by atoms with Crippen LogP contribution >= 0.6 is 0 Å². The molecule has 3 aromatic rings. The maximum atomic E-state index is 3.70. The molecule has 2 nitrogen and oxygen atoms in total. The Kier molecular flexibility index (Phi) is 3.04. The Labute approximate surface area is 125 Å². The van der Waals surface area contributed by atoms with E-state index in [9.17, 15) is 0 Å². The van der Waals surface area contributed by atoms with Gasteiger partial charge in [-0.1, -0.05) is 48.5 Å². The van der Waals surface area contributed by atoms with Gasteiger partial charge in [0.15, 0.2) is 0 Å². The van der Waals surface area contributed by atoms with Crippen molar-refractivity contribution in [2.24, 2.45) is 0 Å². The number of hydrogen-bond acceptors (Lipinski definition) is 1. The van der Waals surface area contributed by atoms with Gasteiger partial charge in [-0.15, -0.1) is 0 Å². The van der Waals surface area contributed by atoms with E-state index in [0.29, 0.717) is 12.0 Å². The number of nitrogens with one attached hydrogen (secondary N) is 2. The molecule has 0 fully saturated rings. The first-order valence-corrected chi connectivity index (χ1v) is 7.72. The molecule has 106 valence electrons. The lowest BCUT2D eigenvalue weighted by Crippen LogP contribution is -2.32. The highest BCUT2D eigenvalue weighted by Gasteiger charge is 2.28. The highest BCUT2D eigenvalue weighted by atomic mass is 14.9. The lowest BCUT2D eigenvalue weighted by atomic mass is 9.88. The van der Waals surface area contributed by atoms with E-state index in [1.807, 2.05) is 0 Å². The van der Waals surface area contributed by atoms with E-state index >= 15 is 0 Å². The van der Waals surface area contributed by atoms with Gasteiger partial charge in [0.05, 0.1) is 0 Å². The quantitative estimate of drug-likeness (QED) is 0.694. The summed E-state index contributed by atoms with van der Waals surface area (Å²) in [5.74, 6) is 0.385. The zero-order valence-corrected chi connectivity index (χ0v) is 12.3. The topological polar surface area (TPSA) is 27.8 Å². The monoisotopic (exact) mass is 276 g/mol. The molecular weight excluding hydrogens is 256 g/mol. The van der Waals surface area contributed by atoms with Gasteiger partial charge in [-0.3, -0.25) is 0 Å². The van der Waals surface area contributed by atoms with Gasteiger partial charge in [-0.05, 0) is 37.1 Å². The maximum absolute atomic E-state index is 3.70. The van der Waals surface area contributed by atoms with Gasteiger partial charge in [0, 0.05) is 28.6 Å². The first kappa shape index (κ1) is 12.7. The lowest BCUT2D eigenvalue weighted by Gasteiger charge is -2.23. The molecule has 0 saturated heterocycles. The summed E-state index contributed by atoms with van der Waals surface area (Å²) >= 11 is 0. The van der Waals surface area contributed by atoms with Crippen LogP contribution < -0.4 is 5.32 Å². The van der Waals surface area contributed by atoms with Crippen molar-refractivity contribution >= 4 is 10.9 Å². The predicted octanol–water partition coefficient (Wildman–Crippen LogP) is 3.83. The third-order valence-electron chi connectivity index (χ3n) is 4.66. The summed E-state index contributed by atoms with van der Waals surface area (Å²) in [4.78, 5) is 3.70. The molecule has 2 aromatic carbocycles. The van der Waals surface area contributed by atoms with E-state index in [1.165, 1.54) is 27.7 Å². The average Bonchev–Trinajstić information content (AvgIpc) is 2.79. The van der Waals surface area contributed by atoms with Crippen LogP contribution in [0, 0.1) is 0 Å². The van der Waals surface area contributed by atoms with Crippen LogP contribution in [0.4, 0.5) is 0 Å². The minimum Gasteiger partial charge on any atom is -0.358 e. The fourth-order valence-electron chi connectivity index (χ4n) is 3.66. The molecule has 1 aliphatic heterocycles. The second-order valence-corrected chi connectivity index (χ2v) is 5.94. The molecule has 0 saturated carbocycles. The Morgan fingerprint density at radius 2 is 1.71 bits per heavy atom. The van der Waals surface area contributed by atoms with Crippen molar-refractivity contribution in [1.29, 1.82) is 0 Å². The van der Waals surface area contributed by atoms with Crippen LogP contribution in [0.2, 0.25) is 0 Å². The Balaban J connectivity index is 1.95. The Morgan fingerprint density at radius 1 is 0.952 bits per heavy atom. The van der Waals surface area contributed by atoms with Crippen molar-refractivity contribution in [2.45, 2.75) is 25.3 Å². The first-order chi connectivity index (χ1) is 10.3. The fraction of sp³-hybridized carbons (Fsp3) is 0.263. The van der Waals surface area contributed by atoms with Crippen molar-refractivity contribution in [3.05, 3.63) is 71.4 Å². The lowest BCUT2D eigenvalue weighted by molar-refractivity contribution is 0.516. The van der Waals surface area contributed by atoms with Crippen molar-refractivity contribution < 1.29 is 0 Å². The number of hydrogen-bond donors (Lipinski definition) is 2. The zero-order valence-electron chi connectivity index (χ0n) is 12.3. The summed E-state index contributed by atoms with van der Waals surface area (Å²) in [6, 6.07) is 19.9. The molecule has 2 heteroatoms. The molecule has 2 N–H and O–H groups in total. The summed E-state index contributed by atoms with van der Waals surface area (Å²) < 4.78 is 0. The largest absolute Gasteiger partial charge is 0.358 e. The smallest absolute Gasteiger partial charge is 0.0459 e. The highest BCUT2D eigenvalue weighted by Crippen LogP contribution is 2.35. The third-order valence-corrected chi connectivity index (χ3v) is 4.66. The van der Waals surface area contributed by atoms with Gasteiger partial charge in [-0.25, -0.2) is 0 Å². The van der Waals surface area contributed by atoms with Gasteiger partial charge in [0.25, 0.3) is 0 Å². The molecule has 0 aliphatic carbocycles. The Bertz CT molecular complexity index is 758. The van der Waals surface area contributed by atoms with Crippen LogP contribution in [0.15, 0.2) is 54.6 Å². The van der Waals surface area contributed by atoms with Crippen LogP contribution in [0.3, 0.4) is 0 Å². The van der Waals surface area contributed by atoms with Crippen molar-refractivity contribution in [3.63, 3.8) is 0 Å². The average molecular weight is 276 g/mol. The summed E-state index contributed by atoms with van der Waals surface area (Å²) in [7, 11) is 0. The van der Waals surface area contributed by atoms with Gasteiger partial charge in [0.2, 0.25) is 0 Å². The number of benzene rings is 2. The highest BCUT2D eigenvalue weighted by molar-refractivity contribution is 5.85. The number of aromatic nitrogens is 1. The third kappa shape index (κ3) is 2.07. The van der Waals surface area contributed by atoms with Crippen molar-refractivity contribution in [1.82, 2.24) is 10.3 Å². The molecule has 0 unspecified atom stereocenters. The minimum absolute atomic E-state index is 0.385. The molecule has 1 aliphatic rings. The summed E-state index contributed by atoms with van der Waals surface area (Å²) in [5, 5.41) is 5.05. The standard InChI is InChI=1S/C19H20N2/c1-13-18(14-7-3-2-4-8-14)19-16(11-12-20-13)15-9-5-6-10-17(15)21-19/h2-10,13,18,20-21H,11-12H2,1H3/t13-,18-/m0/s1. The second kappa shape index (κ2) is 5.05. The van der Waals surface area contributed by atoms with Crippen LogP contribution in [0.25, 0.3) is 10.9 Å². The normalized spacial score (nSPS) is 22.0. The number of aromatic amines is 1. The summed E-state index contributed by atoms with van der Waals surface area (Å²) in [6.07, 6.45) is 1.09. The van der Waals surface area contributed by atoms with Gasteiger partial charge < -0.3 is 10.3 Å². The predicted molar refractivity (Wildman–Crippen MR) is 87.8 cm³/mol. The van der Waals surface area contributed by atoms with Crippen LogP contribution in [-0.2, 0) is 6.42 Å². The Hall–Kier alpha value is -2.06. The van der Waals surface area contributed by atoms with E-state index in [-0.39, 0.29) is 0 Å². The van der Waals surface area contributed by atoms with Crippen LogP contribution in [0.5, 0.6) is 0 Å². The molecule has 0 radical (unpaired) electrons. The van der Waals surface area contributed by atoms with E-state index in [0.717, 1.165) is 13.0 Å². The molecule has 0 amide bonds. The summed E-state index contributed by atoms with van der Waals surface area (Å²) in [5.41, 5.74) is 5.51. The molecule has 0 bridgehead atoms. The molecule has 21 heavy (non-hydrogen) atoms. The number of fused-ring (bicyclic) bond motifs is 3. The molecule has 1 aromatic heterocycles. The van der Waals surface area contributed by atoms with Crippen LogP contribution in [0.1, 0.15) is 29.7 Å². The molecule has 4 rings (SSSR count). The van der Waals surface area contributed by atoms with Crippen molar-refractivity contribution in [2.75, 3.05) is 6.54 Å². The zero-order chi connectivity index (χ0) is 14.2. The summed E-state index contributed by atoms with van der Waals surface area (Å²) in [6.45, 7) is 3.33. The fourth-order valence-corrected chi connectivity index (χ4v) is 3.66. The molecular formula is C19H20N2. The first-order valence-electron chi connectivity index (χ1n) is 7.72. The van der Waals surface area contributed by atoms with E-state index in [2.05, 4.69) is 71.8 Å². The second-order valence-electron chi connectivity index (χ2n) is 5.94. The maximum Gasteiger partial charge on any atom is 0.0459 e. The number of H-pyrrole nitrogens is 1. The van der Waals surface area contributed by atoms with Gasteiger partial charge >= 0.3 is 0 Å². The van der Waals surface area contributed by atoms with E-state index < -0.39 is 0 Å². The number of rotatable bonds is 1. The van der Waals surface area contributed by atoms with E-state index in [4.69, 9.17) is 0 Å². The minimum atomic E-state index is 0.385. The Morgan fingerprint density at radius 3 is 2.57 bits per heavy atom. The SMILES string of the molecule is C[C@@H]1NCCc2c([nH]c3ccccc23)[C@@H]1c1ccccc1. The van der Waals surface area contributed by atoms with Crippen molar-refractivity contribution in [3.8, 4) is 0 Å². The molecule has 2 atom stereocenters.